The van der Waals surface area contributed by atoms with Gasteiger partial charge in [-0.25, -0.2) is 0 Å². The first-order valence-corrected chi connectivity index (χ1v) is 17.7. The summed E-state index contributed by atoms with van der Waals surface area (Å²) < 4.78 is 13.2. The fraction of sp³-hybridized carbons (Fsp3) is 0.692. The second-order valence-corrected chi connectivity index (χ2v) is 15.8. The zero-order valence-electron chi connectivity index (χ0n) is 30.5. The number of rotatable bonds is 10. The molecular weight excluding hydrogens is 556 g/mol. The molecule has 0 saturated carbocycles. The Hall–Kier alpha value is -2.12. The molecule has 0 bridgehead atoms. The van der Waals surface area contributed by atoms with Gasteiger partial charge in [0, 0.05) is 50.6 Å². The third-order valence-electron chi connectivity index (χ3n) is 10.2. The van der Waals surface area contributed by atoms with Crippen molar-refractivity contribution in [3.8, 4) is 0 Å². The monoisotopic (exact) mass is 618 g/mol. The van der Waals surface area contributed by atoms with Gasteiger partial charge in [0.1, 0.15) is 12.2 Å². The van der Waals surface area contributed by atoms with E-state index in [2.05, 4.69) is 127 Å². The van der Waals surface area contributed by atoms with Crippen molar-refractivity contribution in [1.82, 2.24) is 9.80 Å². The van der Waals surface area contributed by atoms with Crippen molar-refractivity contribution < 1.29 is 9.47 Å². The minimum Gasteiger partial charge on any atom is -0.357 e. The van der Waals surface area contributed by atoms with Gasteiger partial charge >= 0.3 is 0 Å². The second-order valence-electron chi connectivity index (χ2n) is 15.8. The van der Waals surface area contributed by atoms with Gasteiger partial charge in [-0.15, -0.1) is 0 Å². The molecule has 2 aromatic carbocycles. The molecule has 6 nitrogen and oxygen atoms in total. The number of hydrogen-bond donors (Lipinski definition) is 0. The van der Waals surface area contributed by atoms with Crippen LogP contribution in [-0.2, 0) is 9.47 Å². The molecule has 3 fully saturated rings. The van der Waals surface area contributed by atoms with E-state index in [9.17, 15) is 0 Å². The first-order chi connectivity index (χ1) is 21.2. The molecule has 0 N–H and O–H groups in total. The van der Waals surface area contributed by atoms with Gasteiger partial charge in [-0.2, -0.15) is 0 Å². The lowest BCUT2D eigenvalue weighted by molar-refractivity contribution is -0.148. The topological polar surface area (TPSA) is 31.4 Å². The molecule has 3 saturated heterocycles. The van der Waals surface area contributed by atoms with E-state index in [-0.39, 0.29) is 12.2 Å². The van der Waals surface area contributed by atoms with E-state index in [0.717, 1.165) is 52.6 Å². The highest BCUT2D eigenvalue weighted by atomic mass is 16.8. The zero-order chi connectivity index (χ0) is 32.8. The van der Waals surface area contributed by atoms with E-state index in [4.69, 9.17) is 9.47 Å². The lowest BCUT2D eigenvalue weighted by Crippen LogP contribution is -2.43. The van der Waals surface area contributed by atoms with Crippen LogP contribution in [0.5, 0.6) is 0 Å². The lowest BCUT2D eigenvalue weighted by atomic mass is 9.88. The van der Waals surface area contributed by atoms with E-state index in [0.29, 0.717) is 23.7 Å². The predicted molar refractivity (Wildman–Crippen MR) is 190 cm³/mol. The Balaban J connectivity index is 1.29. The van der Waals surface area contributed by atoms with Gasteiger partial charge in [0.05, 0.1) is 13.3 Å². The maximum absolute atomic E-state index is 6.62. The van der Waals surface area contributed by atoms with Gasteiger partial charge in [0.15, 0.2) is 5.79 Å². The molecule has 0 aromatic heterocycles. The number of hydrogen-bond acceptors (Lipinski definition) is 6. The lowest BCUT2D eigenvalue weighted by Gasteiger charge is -2.31. The van der Waals surface area contributed by atoms with Crippen LogP contribution in [0.3, 0.4) is 0 Å². The molecule has 6 heteroatoms. The van der Waals surface area contributed by atoms with Crippen molar-refractivity contribution in [2.75, 3.05) is 62.4 Å². The van der Waals surface area contributed by atoms with Crippen LogP contribution in [0.4, 0.5) is 11.4 Å². The Labute approximate surface area is 275 Å². The number of anilines is 2. The summed E-state index contributed by atoms with van der Waals surface area (Å²) in [5.41, 5.74) is 11.7. The molecule has 0 aliphatic carbocycles. The normalized spacial score (nSPS) is 22.8. The summed E-state index contributed by atoms with van der Waals surface area (Å²) in [4.78, 5) is 10.4. The van der Waals surface area contributed by atoms with E-state index in [1.54, 1.807) is 0 Å². The van der Waals surface area contributed by atoms with Crippen LogP contribution >= 0.6 is 0 Å². The minimum absolute atomic E-state index is 0.0528. The van der Waals surface area contributed by atoms with Crippen LogP contribution < -0.4 is 9.80 Å². The van der Waals surface area contributed by atoms with Crippen LogP contribution in [-0.4, -0.2) is 80.4 Å². The largest absolute Gasteiger partial charge is 0.357 e. The second kappa shape index (κ2) is 13.5. The summed E-state index contributed by atoms with van der Waals surface area (Å²) in [6.07, 6.45) is 0.106. The van der Waals surface area contributed by atoms with Crippen LogP contribution in [0, 0.1) is 13.8 Å². The number of aryl methyl sites for hydroxylation is 2. The molecule has 0 unspecified atom stereocenters. The number of benzene rings is 2. The number of nitrogens with zero attached hydrogens (tertiary/aromatic N) is 4. The first kappa shape index (κ1) is 34.2. The molecule has 0 amide bonds. The third-order valence-corrected chi connectivity index (χ3v) is 10.2. The van der Waals surface area contributed by atoms with Gasteiger partial charge in [-0.1, -0.05) is 79.7 Å². The molecule has 250 valence electrons. The standard InChI is InChI=1S/C39H62N4O2/c1-25(2)31-15-13-29(9)35(27(5)6)37(31)42-19-17-40(23-42)21-33-34(45-39(11,12)44-33)22-41-18-20-43(24-41)38-32(26(3)4)16-14-30(10)36(38)28(7)8/h13-16,25-28,33-34H,17-24H2,1-12H3/t33-,34-/m0/s1. The average Bonchev–Trinajstić information content (AvgIpc) is 3.66. The summed E-state index contributed by atoms with van der Waals surface area (Å²) >= 11 is 0. The Morgan fingerprint density at radius 3 is 1.31 bits per heavy atom. The van der Waals surface area contributed by atoms with E-state index >= 15 is 0 Å². The molecular formula is C39H62N4O2. The molecule has 0 spiro atoms. The summed E-state index contributed by atoms with van der Waals surface area (Å²) in [5, 5.41) is 0. The van der Waals surface area contributed by atoms with Gasteiger partial charge in [-0.05, 0) is 84.7 Å². The fourth-order valence-corrected chi connectivity index (χ4v) is 8.23. The zero-order valence-corrected chi connectivity index (χ0v) is 30.5. The smallest absolute Gasteiger partial charge is 0.163 e. The summed E-state index contributed by atoms with van der Waals surface area (Å²) in [6.45, 7) is 35.3. The van der Waals surface area contributed by atoms with E-state index < -0.39 is 5.79 Å². The van der Waals surface area contributed by atoms with Crippen molar-refractivity contribution in [1.29, 1.82) is 0 Å². The minimum atomic E-state index is -0.563. The Bertz CT molecular complexity index is 1230. The van der Waals surface area contributed by atoms with E-state index in [1.165, 1.54) is 44.8 Å². The van der Waals surface area contributed by atoms with Gasteiger partial charge < -0.3 is 19.3 Å². The molecule has 3 aliphatic rings. The van der Waals surface area contributed by atoms with Crippen LogP contribution in [0.15, 0.2) is 24.3 Å². The van der Waals surface area contributed by atoms with E-state index in [1.807, 2.05) is 0 Å². The molecule has 3 heterocycles. The molecule has 45 heavy (non-hydrogen) atoms. The van der Waals surface area contributed by atoms with Crippen molar-refractivity contribution >= 4 is 11.4 Å². The first-order valence-electron chi connectivity index (χ1n) is 17.7. The molecule has 2 aromatic rings. The molecule has 3 aliphatic heterocycles. The highest BCUT2D eigenvalue weighted by Gasteiger charge is 2.44. The summed E-state index contributed by atoms with van der Waals surface area (Å²) in [7, 11) is 0. The predicted octanol–water partition coefficient (Wildman–Crippen LogP) is 8.18. The van der Waals surface area contributed by atoms with Crippen molar-refractivity contribution in [2.24, 2.45) is 0 Å². The van der Waals surface area contributed by atoms with Crippen LogP contribution in [0.1, 0.15) is 126 Å². The quantitative estimate of drug-likeness (QED) is 0.267. The SMILES string of the molecule is Cc1ccc(C(C)C)c(N2CCN(C[C@@H]3OC(C)(C)O[C@H]3CN3CCN(c4c(C(C)C)ccc(C)c4C(C)C)C3)C2)c1C(C)C. The maximum atomic E-state index is 6.62. The third kappa shape index (κ3) is 7.25. The summed E-state index contributed by atoms with van der Waals surface area (Å²) in [5.74, 6) is 1.43. The van der Waals surface area contributed by atoms with Crippen molar-refractivity contribution in [2.45, 2.75) is 125 Å². The van der Waals surface area contributed by atoms with Gasteiger partial charge in [0.25, 0.3) is 0 Å². The highest BCUT2D eigenvalue weighted by molar-refractivity contribution is 5.66. The van der Waals surface area contributed by atoms with Crippen molar-refractivity contribution in [3.05, 3.63) is 57.6 Å². The summed E-state index contributed by atoms with van der Waals surface area (Å²) in [6, 6.07) is 9.37. The maximum Gasteiger partial charge on any atom is 0.163 e. The van der Waals surface area contributed by atoms with Crippen molar-refractivity contribution in [3.63, 3.8) is 0 Å². The van der Waals surface area contributed by atoms with Gasteiger partial charge in [0.2, 0.25) is 0 Å². The molecule has 2 atom stereocenters. The molecule has 0 radical (unpaired) electrons. The van der Waals surface area contributed by atoms with Crippen LogP contribution in [0.2, 0.25) is 0 Å². The fourth-order valence-electron chi connectivity index (χ4n) is 8.23. The highest BCUT2D eigenvalue weighted by Crippen LogP contribution is 2.41. The average molecular weight is 619 g/mol. The number of ether oxygens (including phenoxy) is 2. The Morgan fingerprint density at radius 2 is 0.978 bits per heavy atom. The van der Waals surface area contributed by atoms with Gasteiger partial charge in [-0.3, -0.25) is 9.80 Å². The molecule has 5 rings (SSSR count). The van der Waals surface area contributed by atoms with Crippen LogP contribution in [0.25, 0.3) is 0 Å². The Kier molecular flexibility index (Phi) is 10.3. The Morgan fingerprint density at radius 1 is 0.600 bits per heavy atom.